The predicted molar refractivity (Wildman–Crippen MR) is 59.8 cm³/mol. The van der Waals surface area contributed by atoms with E-state index in [0.29, 0.717) is 13.2 Å². The quantitative estimate of drug-likeness (QED) is 0.804. The van der Waals surface area contributed by atoms with Crippen molar-refractivity contribution in [1.82, 2.24) is 5.32 Å². The molecule has 0 aliphatic carbocycles. The van der Waals surface area contributed by atoms with E-state index in [2.05, 4.69) is 10.6 Å². The number of amides is 1. The van der Waals surface area contributed by atoms with Gasteiger partial charge in [0.1, 0.15) is 12.4 Å². The zero-order valence-corrected chi connectivity index (χ0v) is 9.03. The summed E-state index contributed by atoms with van der Waals surface area (Å²) in [6.45, 7) is 0.880. The first-order valence-corrected chi connectivity index (χ1v) is 5.13. The molecule has 0 saturated carbocycles. The Morgan fingerprint density at radius 3 is 2.81 bits per heavy atom. The summed E-state index contributed by atoms with van der Waals surface area (Å²) in [5.74, 6) is 0.766. The van der Waals surface area contributed by atoms with Crippen LogP contribution in [0, 0.1) is 0 Å². The Labute approximate surface area is 93.7 Å². The van der Waals surface area contributed by atoms with E-state index in [-0.39, 0.29) is 12.2 Å². The molecule has 0 aromatic heterocycles. The molecule has 0 radical (unpaired) electrons. The molecule has 1 aromatic carbocycles. The van der Waals surface area contributed by atoms with Crippen LogP contribution in [0.2, 0.25) is 0 Å². The van der Waals surface area contributed by atoms with Crippen LogP contribution < -0.4 is 15.4 Å². The lowest BCUT2D eigenvalue weighted by Crippen LogP contribution is -2.21. The lowest BCUT2D eigenvalue weighted by Gasteiger charge is -2.10. The number of benzene rings is 1. The Bertz CT molecular complexity index is 364. The molecule has 1 fully saturated rings. The van der Waals surface area contributed by atoms with E-state index in [1.54, 1.807) is 0 Å². The molecule has 0 bridgehead atoms. The second kappa shape index (κ2) is 4.74. The maximum Gasteiger partial charge on any atom is 0.407 e. The van der Waals surface area contributed by atoms with Gasteiger partial charge in [0.25, 0.3) is 0 Å². The van der Waals surface area contributed by atoms with Crippen LogP contribution in [0.25, 0.3) is 0 Å². The SMILES string of the molecule is CNc1ccc(OCC2CNC(=O)O2)cc1. The number of ether oxygens (including phenoxy) is 2. The van der Waals surface area contributed by atoms with Crippen molar-refractivity contribution >= 4 is 11.8 Å². The summed E-state index contributed by atoms with van der Waals surface area (Å²) in [5, 5.41) is 5.60. The lowest BCUT2D eigenvalue weighted by atomic mass is 10.3. The van der Waals surface area contributed by atoms with Gasteiger partial charge in [-0.25, -0.2) is 4.79 Å². The van der Waals surface area contributed by atoms with Crippen molar-refractivity contribution in [3.05, 3.63) is 24.3 Å². The van der Waals surface area contributed by atoms with E-state index < -0.39 is 0 Å². The van der Waals surface area contributed by atoms with Gasteiger partial charge < -0.3 is 20.1 Å². The van der Waals surface area contributed by atoms with Gasteiger partial charge in [0.2, 0.25) is 0 Å². The van der Waals surface area contributed by atoms with E-state index in [1.807, 2.05) is 31.3 Å². The molecule has 0 spiro atoms. The lowest BCUT2D eigenvalue weighted by molar-refractivity contribution is 0.105. The average molecular weight is 222 g/mol. The van der Waals surface area contributed by atoms with Crippen molar-refractivity contribution in [2.24, 2.45) is 0 Å². The summed E-state index contributed by atoms with van der Waals surface area (Å²) in [6, 6.07) is 7.59. The first-order chi connectivity index (χ1) is 7.78. The fraction of sp³-hybridized carbons (Fsp3) is 0.364. The molecule has 1 aliphatic rings. The molecule has 5 heteroatoms. The number of anilines is 1. The number of carbonyl (C=O) groups excluding carboxylic acids is 1. The number of hydrogen-bond donors (Lipinski definition) is 2. The number of nitrogens with one attached hydrogen (secondary N) is 2. The van der Waals surface area contributed by atoms with E-state index in [1.165, 1.54) is 0 Å². The highest BCUT2D eigenvalue weighted by atomic mass is 16.6. The summed E-state index contributed by atoms with van der Waals surface area (Å²) >= 11 is 0. The molecule has 1 atom stereocenters. The second-order valence-corrected chi connectivity index (χ2v) is 3.49. The molecule has 5 nitrogen and oxygen atoms in total. The van der Waals surface area contributed by atoms with Gasteiger partial charge in [0, 0.05) is 12.7 Å². The van der Waals surface area contributed by atoms with Gasteiger partial charge in [0.05, 0.1) is 6.54 Å². The summed E-state index contributed by atoms with van der Waals surface area (Å²) in [4.78, 5) is 10.8. The van der Waals surface area contributed by atoms with Gasteiger partial charge >= 0.3 is 6.09 Å². The van der Waals surface area contributed by atoms with Crippen molar-refractivity contribution in [3.8, 4) is 5.75 Å². The minimum Gasteiger partial charge on any atom is -0.490 e. The van der Waals surface area contributed by atoms with Crippen LogP contribution in [-0.4, -0.2) is 32.4 Å². The monoisotopic (exact) mass is 222 g/mol. The number of hydrogen-bond acceptors (Lipinski definition) is 4. The van der Waals surface area contributed by atoms with Crippen molar-refractivity contribution in [2.75, 3.05) is 25.5 Å². The fourth-order valence-corrected chi connectivity index (χ4v) is 1.43. The molecule has 2 rings (SSSR count). The van der Waals surface area contributed by atoms with Crippen LogP contribution >= 0.6 is 0 Å². The van der Waals surface area contributed by atoms with Crippen LogP contribution in [0.15, 0.2) is 24.3 Å². The average Bonchev–Trinajstić information content (AvgIpc) is 2.73. The van der Waals surface area contributed by atoms with Crippen LogP contribution in [-0.2, 0) is 4.74 Å². The molecule has 1 aliphatic heterocycles. The minimum absolute atomic E-state index is 0.198. The Balaban J connectivity index is 1.82. The minimum atomic E-state index is -0.376. The molecule has 1 heterocycles. The molecule has 2 N–H and O–H groups in total. The molecular weight excluding hydrogens is 208 g/mol. The van der Waals surface area contributed by atoms with Crippen molar-refractivity contribution < 1.29 is 14.3 Å². The fourth-order valence-electron chi connectivity index (χ4n) is 1.43. The van der Waals surface area contributed by atoms with Gasteiger partial charge in [0.15, 0.2) is 6.10 Å². The molecule has 1 amide bonds. The third-order valence-corrected chi connectivity index (χ3v) is 2.33. The van der Waals surface area contributed by atoms with Crippen LogP contribution in [0.5, 0.6) is 5.75 Å². The zero-order valence-electron chi connectivity index (χ0n) is 9.03. The number of alkyl carbamates (subject to hydrolysis) is 1. The summed E-state index contributed by atoms with van der Waals surface area (Å²) in [7, 11) is 1.86. The molecule has 1 unspecified atom stereocenters. The standard InChI is InChI=1S/C11H14N2O3/c1-12-8-2-4-9(5-3-8)15-7-10-6-13-11(14)16-10/h2-5,10,12H,6-7H2,1H3,(H,13,14). The highest BCUT2D eigenvalue weighted by Crippen LogP contribution is 2.15. The highest BCUT2D eigenvalue weighted by molar-refractivity contribution is 5.69. The Morgan fingerprint density at radius 2 is 2.25 bits per heavy atom. The summed E-state index contributed by atoms with van der Waals surface area (Å²) in [6.07, 6.45) is -0.574. The second-order valence-electron chi connectivity index (χ2n) is 3.49. The Hall–Kier alpha value is -1.91. The third-order valence-electron chi connectivity index (χ3n) is 2.33. The van der Waals surface area contributed by atoms with E-state index in [4.69, 9.17) is 9.47 Å². The molecule has 86 valence electrons. The Morgan fingerprint density at radius 1 is 1.50 bits per heavy atom. The summed E-state index contributed by atoms with van der Waals surface area (Å²) in [5.41, 5.74) is 1.03. The number of rotatable bonds is 4. The number of cyclic esters (lactones) is 1. The van der Waals surface area contributed by atoms with Crippen molar-refractivity contribution in [2.45, 2.75) is 6.10 Å². The Kier molecular flexibility index (Phi) is 3.14. The molecule has 1 aromatic rings. The van der Waals surface area contributed by atoms with E-state index in [9.17, 15) is 4.79 Å². The van der Waals surface area contributed by atoms with Crippen LogP contribution in [0.4, 0.5) is 10.5 Å². The van der Waals surface area contributed by atoms with Crippen LogP contribution in [0.3, 0.4) is 0 Å². The molecular formula is C11H14N2O3. The van der Waals surface area contributed by atoms with Gasteiger partial charge in [-0.3, -0.25) is 0 Å². The van der Waals surface area contributed by atoms with Gasteiger partial charge in [-0.1, -0.05) is 0 Å². The summed E-state index contributed by atoms with van der Waals surface area (Å²) < 4.78 is 10.4. The van der Waals surface area contributed by atoms with Gasteiger partial charge in [-0.05, 0) is 24.3 Å². The maximum absolute atomic E-state index is 10.8. The maximum atomic E-state index is 10.8. The van der Waals surface area contributed by atoms with E-state index in [0.717, 1.165) is 11.4 Å². The smallest absolute Gasteiger partial charge is 0.407 e. The van der Waals surface area contributed by atoms with E-state index >= 15 is 0 Å². The van der Waals surface area contributed by atoms with Gasteiger partial charge in [-0.2, -0.15) is 0 Å². The first kappa shape index (κ1) is 10.6. The highest BCUT2D eigenvalue weighted by Gasteiger charge is 2.22. The zero-order chi connectivity index (χ0) is 11.4. The normalized spacial score (nSPS) is 18.8. The van der Waals surface area contributed by atoms with Gasteiger partial charge in [-0.15, -0.1) is 0 Å². The number of carbonyl (C=O) groups is 1. The van der Waals surface area contributed by atoms with Crippen LogP contribution in [0.1, 0.15) is 0 Å². The van der Waals surface area contributed by atoms with Crippen molar-refractivity contribution in [3.63, 3.8) is 0 Å². The largest absolute Gasteiger partial charge is 0.490 e. The molecule has 16 heavy (non-hydrogen) atoms. The third kappa shape index (κ3) is 2.56. The first-order valence-electron chi connectivity index (χ1n) is 5.13. The van der Waals surface area contributed by atoms with Crippen molar-refractivity contribution in [1.29, 1.82) is 0 Å². The molecule has 1 saturated heterocycles. The topological polar surface area (TPSA) is 59.6 Å². The predicted octanol–water partition coefficient (Wildman–Crippen LogP) is 1.22.